The second-order valence-electron chi connectivity index (χ2n) is 7.58. The first-order valence-electron chi connectivity index (χ1n) is 10.7. The van der Waals surface area contributed by atoms with Crippen LogP contribution in [0.2, 0.25) is 0 Å². The van der Waals surface area contributed by atoms with Gasteiger partial charge in [0, 0.05) is 13.2 Å². The van der Waals surface area contributed by atoms with Crippen molar-refractivity contribution >= 4 is 0 Å². The molecule has 16 heteroatoms. The Morgan fingerprint density at radius 3 is 0.974 bits per heavy atom. The van der Waals surface area contributed by atoms with Crippen LogP contribution in [0.3, 0.4) is 0 Å². The number of aliphatic hydroxyl groups is 2. The van der Waals surface area contributed by atoms with E-state index in [1.165, 1.54) is 0 Å². The van der Waals surface area contributed by atoms with E-state index in [4.69, 9.17) is 9.47 Å². The number of aliphatic hydroxyl groups excluding tert-OH is 2. The minimum atomic E-state index is -2.35. The Bertz CT molecular complexity index is 960. The first-order chi connectivity index (χ1) is 17.9. The summed E-state index contributed by atoms with van der Waals surface area (Å²) >= 11 is 0. The lowest BCUT2D eigenvalue weighted by Crippen LogP contribution is -2.25. The molecule has 38 heavy (non-hydrogen) atoms. The Kier molecular flexibility index (Phi) is 11.9. The van der Waals surface area contributed by atoms with Gasteiger partial charge in [0.05, 0.1) is 13.2 Å². The molecular formula is C22H20F10O6. The monoisotopic (exact) mass is 570 g/mol. The van der Waals surface area contributed by atoms with Gasteiger partial charge >= 0.3 is 0 Å². The minimum absolute atomic E-state index is 0.0366. The van der Waals surface area contributed by atoms with Crippen molar-refractivity contribution in [1.29, 1.82) is 0 Å². The summed E-state index contributed by atoms with van der Waals surface area (Å²) in [5, 5.41) is 19.3. The maximum absolute atomic E-state index is 13.5. The smallest absolute Gasteiger partial charge is 0.206 e. The van der Waals surface area contributed by atoms with Crippen LogP contribution < -0.4 is 9.47 Å². The summed E-state index contributed by atoms with van der Waals surface area (Å²) in [6, 6.07) is 0. The first-order valence-corrected chi connectivity index (χ1v) is 10.7. The van der Waals surface area contributed by atoms with E-state index in [1.807, 2.05) is 0 Å². The summed E-state index contributed by atoms with van der Waals surface area (Å²) < 4.78 is 151. The number of rotatable bonds is 15. The molecule has 0 aliphatic rings. The lowest BCUT2D eigenvalue weighted by molar-refractivity contribution is -0.00127. The molecule has 0 radical (unpaired) electrons. The van der Waals surface area contributed by atoms with Gasteiger partial charge in [0.2, 0.25) is 58.2 Å². The summed E-state index contributed by atoms with van der Waals surface area (Å²) in [5.41, 5.74) is 0. The normalized spacial score (nSPS) is 13.1. The Morgan fingerprint density at radius 2 is 0.684 bits per heavy atom. The van der Waals surface area contributed by atoms with Crippen molar-refractivity contribution in [3.8, 4) is 11.5 Å². The van der Waals surface area contributed by atoms with E-state index in [1.54, 1.807) is 0 Å². The van der Waals surface area contributed by atoms with E-state index in [9.17, 15) is 54.1 Å². The molecule has 0 saturated heterocycles. The third kappa shape index (κ3) is 7.85. The highest BCUT2D eigenvalue weighted by molar-refractivity contribution is 5.30. The van der Waals surface area contributed by atoms with Gasteiger partial charge in [0.1, 0.15) is 25.4 Å². The molecule has 0 saturated carbocycles. The van der Waals surface area contributed by atoms with E-state index in [-0.39, 0.29) is 13.2 Å². The third-order valence-electron chi connectivity index (χ3n) is 4.63. The van der Waals surface area contributed by atoms with Crippen LogP contribution in [0.25, 0.3) is 0 Å². The highest BCUT2D eigenvalue weighted by atomic mass is 19.2. The molecule has 2 aromatic carbocycles. The highest BCUT2D eigenvalue weighted by Crippen LogP contribution is 2.30. The van der Waals surface area contributed by atoms with Gasteiger partial charge < -0.3 is 29.2 Å². The minimum Gasteiger partial charge on any atom is -0.485 e. The fourth-order valence-corrected chi connectivity index (χ4v) is 2.73. The van der Waals surface area contributed by atoms with Crippen molar-refractivity contribution in [3.05, 3.63) is 58.2 Å². The van der Waals surface area contributed by atoms with Crippen molar-refractivity contribution in [3.63, 3.8) is 0 Å². The van der Waals surface area contributed by atoms with Crippen LogP contribution in [-0.2, 0) is 9.47 Å². The molecule has 6 nitrogen and oxygen atoms in total. The highest BCUT2D eigenvalue weighted by Gasteiger charge is 2.28. The Labute approximate surface area is 208 Å². The van der Waals surface area contributed by atoms with E-state index >= 15 is 0 Å². The Hall–Kier alpha value is -2.82. The second kappa shape index (κ2) is 14.4. The molecular weight excluding hydrogens is 550 g/mol. The van der Waals surface area contributed by atoms with Crippen LogP contribution in [-0.4, -0.2) is 62.1 Å². The number of ether oxygens (including phenoxy) is 4. The van der Waals surface area contributed by atoms with E-state index in [2.05, 4.69) is 9.47 Å². The van der Waals surface area contributed by atoms with Crippen molar-refractivity contribution in [1.82, 2.24) is 0 Å². The average molecular weight is 570 g/mol. The first kappa shape index (κ1) is 31.4. The van der Waals surface area contributed by atoms with Crippen LogP contribution in [0.5, 0.6) is 11.5 Å². The van der Waals surface area contributed by atoms with Gasteiger partial charge in [-0.3, -0.25) is 0 Å². The number of benzene rings is 2. The molecule has 0 amide bonds. The molecule has 0 spiro atoms. The molecule has 214 valence electrons. The van der Waals surface area contributed by atoms with Crippen molar-refractivity contribution in [2.24, 2.45) is 0 Å². The fraction of sp³-hybridized carbons (Fsp3) is 0.455. The zero-order chi connectivity index (χ0) is 28.6. The lowest BCUT2D eigenvalue weighted by Gasteiger charge is -2.15. The summed E-state index contributed by atoms with van der Waals surface area (Å²) in [7, 11) is 0. The van der Waals surface area contributed by atoms with Gasteiger partial charge in [-0.2, -0.15) is 17.6 Å². The number of hydrogen-bond donors (Lipinski definition) is 2. The molecule has 0 aliphatic heterocycles. The largest absolute Gasteiger partial charge is 0.485 e. The predicted octanol–water partition coefficient (Wildman–Crippen LogP) is 4.07. The van der Waals surface area contributed by atoms with Crippen LogP contribution in [0, 0.1) is 58.2 Å². The molecule has 0 heterocycles. The SMILES string of the molecule is OC(COCCCCOCC(O)COc1c(F)c(F)c(F)c(F)c1F)COc1c(F)c(F)c(F)c(F)c1F. The van der Waals surface area contributed by atoms with Crippen LogP contribution in [0.1, 0.15) is 12.8 Å². The van der Waals surface area contributed by atoms with Crippen molar-refractivity contribution in [2.75, 3.05) is 39.6 Å². The molecule has 0 fully saturated rings. The zero-order valence-corrected chi connectivity index (χ0v) is 19.1. The molecule has 0 bridgehead atoms. The third-order valence-corrected chi connectivity index (χ3v) is 4.63. The molecule has 0 aliphatic carbocycles. The number of hydrogen-bond acceptors (Lipinski definition) is 6. The van der Waals surface area contributed by atoms with Gasteiger partial charge in [0.15, 0.2) is 11.5 Å². The van der Waals surface area contributed by atoms with Crippen LogP contribution in [0.15, 0.2) is 0 Å². The van der Waals surface area contributed by atoms with Gasteiger partial charge in [-0.05, 0) is 12.8 Å². The molecule has 2 rings (SSSR count). The molecule has 0 aromatic heterocycles. The predicted molar refractivity (Wildman–Crippen MR) is 106 cm³/mol. The van der Waals surface area contributed by atoms with Gasteiger partial charge in [-0.1, -0.05) is 0 Å². The van der Waals surface area contributed by atoms with Crippen molar-refractivity contribution < 1.29 is 73.1 Å². The van der Waals surface area contributed by atoms with Gasteiger partial charge in [-0.15, -0.1) is 0 Å². The second-order valence-corrected chi connectivity index (χ2v) is 7.58. The number of halogens is 10. The molecule has 2 unspecified atom stereocenters. The van der Waals surface area contributed by atoms with Gasteiger partial charge in [0.25, 0.3) is 0 Å². The van der Waals surface area contributed by atoms with E-state index < -0.39 is 108 Å². The van der Waals surface area contributed by atoms with E-state index in [0.29, 0.717) is 12.8 Å². The standard InChI is InChI=1S/C22H20F10O6/c23-11-13(25)17(29)21(18(30)14(11)26)37-7-9(33)5-35-3-1-2-4-36-6-10(34)8-38-22-19(31)15(27)12(24)16(28)20(22)32/h9-10,33-34H,1-8H2. The topological polar surface area (TPSA) is 77.4 Å². The van der Waals surface area contributed by atoms with E-state index in [0.717, 1.165) is 0 Å². The van der Waals surface area contributed by atoms with Crippen LogP contribution >= 0.6 is 0 Å². The quantitative estimate of drug-likeness (QED) is 0.146. The number of unbranched alkanes of at least 4 members (excludes halogenated alkanes) is 1. The maximum atomic E-state index is 13.5. The summed E-state index contributed by atoms with van der Waals surface area (Å²) in [5.74, 6) is -25.4. The van der Waals surface area contributed by atoms with Crippen molar-refractivity contribution in [2.45, 2.75) is 25.0 Å². The molecule has 2 aromatic rings. The Balaban J connectivity index is 1.59. The Morgan fingerprint density at radius 1 is 0.421 bits per heavy atom. The lowest BCUT2D eigenvalue weighted by atomic mass is 10.2. The summed E-state index contributed by atoms with van der Waals surface area (Å²) in [6.07, 6.45) is -2.28. The zero-order valence-electron chi connectivity index (χ0n) is 19.1. The van der Waals surface area contributed by atoms with Gasteiger partial charge in [-0.25, -0.2) is 26.3 Å². The maximum Gasteiger partial charge on any atom is 0.206 e. The summed E-state index contributed by atoms with van der Waals surface area (Å²) in [6.45, 7) is -2.43. The fourth-order valence-electron chi connectivity index (χ4n) is 2.73. The molecule has 2 N–H and O–H groups in total. The average Bonchev–Trinajstić information content (AvgIpc) is 2.89. The van der Waals surface area contributed by atoms with Crippen LogP contribution in [0.4, 0.5) is 43.9 Å². The molecule has 2 atom stereocenters. The summed E-state index contributed by atoms with van der Waals surface area (Å²) in [4.78, 5) is 0.